The Labute approximate surface area is 368 Å². The summed E-state index contributed by atoms with van der Waals surface area (Å²) < 4.78 is 16.8. The SMILES string of the molecule is CCCCCCCCCCCCCCCCC(=O)OC[C@H](COC(=O)CCCCCCCCCCCCC(C)CC)OC(=O)CCCCCCCCCCCCC(C)C. The van der Waals surface area contributed by atoms with Crippen LogP contribution in [0.5, 0.6) is 0 Å². The van der Waals surface area contributed by atoms with E-state index in [1.807, 2.05) is 0 Å². The molecule has 0 spiro atoms. The molecule has 0 bridgehead atoms. The number of rotatable bonds is 47. The van der Waals surface area contributed by atoms with Gasteiger partial charge in [-0.25, -0.2) is 0 Å². The lowest BCUT2D eigenvalue weighted by Crippen LogP contribution is -2.30. The van der Waals surface area contributed by atoms with Gasteiger partial charge in [-0.2, -0.15) is 0 Å². The average Bonchev–Trinajstić information content (AvgIpc) is 3.22. The fourth-order valence-corrected chi connectivity index (χ4v) is 7.96. The van der Waals surface area contributed by atoms with E-state index in [1.54, 1.807) is 0 Å². The van der Waals surface area contributed by atoms with Crippen molar-refractivity contribution in [2.75, 3.05) is 13.2 Å². The standard InChI is InChI=1S/C53H102O6/c1-6-8-9-10-11-12-13-14-15-16-23-28-33-38-43-51(54)57-46-50(59-53(56)45-40-35-30-25-19-17-21-26-31-36-41-48(3)4)47-58-52(55)44-39-34-29-24-20-18-22-27-32-37-42-49(5)7-2/h48-50H,6-47H2,1-5H3/t49?,50-/m1/s1. The minimum Gasteiger partial charge on any atom is -0.462 e. The lowest BCUT2D eigenvalue weighted by molar-refractivity contribution is -0.167. The summed E-state index contributed by atoms with van der Waals surface area (Å²) in [6.45, 7) is 11.4. The van der Waals surface area contributed by atoms with E-state index in [9.17, 15) is 14.4 Å². The first-order chi connectivity index (χ1) is 28.8. The van der Waals surface area contributed by atoms with Crippen LogP contribution in [0.1, 0.15) is 291 Å². The number of hydrogen-bond donors (Lipinski definition) is 0. The summed E-state index contributed by atoms with van der Waals surface area (Å²) in [6, 6.07) is 0. The molecule has 0 aromatic carbocycles. The van der Waals surface area contributed by atoms with Gasteiger partial charge in [-0.05, 0) is 31.1 Å². The van der Waals surface area contributed by atoms with Gasteiger partial charge < -0.3 is 14.2 Å². The molecule has 0 radical (unpaired) electrons. The molecular weight excluding hydrogens is 733 g/mol. The van der Waals surface area contributed by atoms with Crippen LogP contribution in [0.25, 0.3) is 0 Å². The van der Waals surface area contributed by atoms with Gasteiger partial charge in [0, 0.05) is 19.3 Å². The van der Waals surface area contributed by atoms with Crippen LogP contribution in [0.3, 0.4) is 0 Å². The van der Waals surface area contributed by atoms with Crippen LogP contribution in [0.4, 0.5) is 0 Å². The summed E-state index contributed by atoms with van der Waals surface area (Å²) in [5, 5.41) is 0. The van der Waals surface area contributed by atoms with Crippen LogP contribution in [-0.2, 0) is 28.6 Å². The number of unbranched alkanes of at least 4 members (excludes halogenated alkanes) is 31. The van der Waals surface area contributed by atoms with Crippen LogP contribution in [0.15, 0.2) is 0 Å². The minimum atomic E-state index is -0.762. The zero-order chi connectivity index (χ0) is 43.3. The first-order valence-electron chi connectivity index (χ1n) is 26.3. The predicted octanol–water partition coefficient (Wildman–Crippen LogP) is 16.9. The van der Waals surface area contributed by atoms with Crippen LogP contribution in [0, 0.1) is 11.8 Å². The maximum atomic E-state index is 12.8. The van der Waals surface area contributed by atoms with Gasteiger partial charge in [0.2, 0.25) is 0 Å². The highest BCUT2D eigenvalue weighted by atomic mass is 16.6. The smallest absolute Gasteiger partial charge is 0.306 e. The molecule has 0 N–H and O–H groups in total. The highest BCUT2D eigenvalue weighted by Crippen LogP contribution is 2.18. The van der Waals surface area contributed by atoms with Crippen LogP contribution >= 0.6 is 0 Å². The summed E-state index contributed by atoms with van der Waals surface area (Å²) in [7, 11) is 0. The molecule has 0 rings (SSSR count). The van der Waals surface area contributed by atoms with Crippen molar-refractivity contribution in [3.63, 3.8) is 0 Å². The van der Waals surface area contributed by atoms with Crippen molar-refractivity contribution in [1.82, 2.24) is 0 Å². The van der Waals surface area contributed by atoms with E-state index < -0.39 is 6.10 Å². The van der Waals surface area contributed by atoms with Gasteiger partial charge in [0.25, 0.3) is 0 Å². The van der Waals surface area contributed by atoms with Crippen LogP contribution < -0.4 is 0 Å². The predicted molar refractivity (Wildman–Crippen MR) is 252 cm³/mol. The van der Waals surface area contributed by atoms with Gasteiger partial charge in [-0.3, -0.25) is 14.4 Å². The zero-order valence-corrected chi connectivity index (χ0v) is 40.4. The molecule has 6 nitrogen and oxygen atoms in total. The van der Waals surface area contributed by atoms with Crippen molar-refractivity contribution in [3.8, 4) is 0 Å². The number of carbonyl (C=O) groups is 3. The lowest BCUT2D eigenvalue weighted by atomic mass is 9.99. The van der Waals surface area contributed by atoms with Crippen molar-refractivity contribution in [2.45, 2.75) is 298 Å². The molecule has 0 saturated carbocycles. The largest absolute Gasteiger partial charge is 0.462 e. The second-order valence-corrected chi connectivity index (χ2v) is 18.9. The Hall–Kier alpha value is -1.59. The van der Waals surface area contributed by atoms with E-state index in [0.717, 1.165) is 69.6 Å². The molecule has 0 aliphatic rings. The second kappa shape index (κ2) is 45.9. The molecule has 2 atom stereocenters. The maximum absolute atomic E-state index is 12.8. The average molecular weight is 835 g/mol. The third-order valence-electron chi connectivity index (χ3n) is 12.3. The molecular formula is C53H102O6. The summed E-state index contributed by atoms with van der Waals surface area (Å²) in [5.74, 6) is 0.838. The number of carbonyl (C=O) groups excluding carboxylic acids is 3. The molecule has 6 heteroatoms. The Morgan fingerprint density at radius 2 is 0.644 bits per heavy atom. The number of ether oxygens (including phenoxy) is 3. The number of hydrogen-bond acceptors (Lipinski definition) is 6. The Balaban J connectivity index is 4.33. The van der Waals surface area contributed by atoms with Crippen LogP contribution in [-0.4, -0.2) is 37.2 Å². The van der Waals surface area contributed by atoms with Gasteiger partial charge in [0.1, 0.15) is 13.2 Å². The van der Waals surface area contributed by atoms with Crippen molar-refractivity contribution < 1.29 is 28.6 Å². The Morgan fingerprint density at radius 1 is 0.356 bits per heavy atom. The van der Waals surface area contributed by atoms with Gasteiger partial charge in [0.15, 0.2) is 6.10 Å². The highest BCUT2D eigenvalue weighted by molar-refractivity contribution is 5.71. The van der Waals surface area contributed by atoms with Gasteiger partial charge in [0.05, 0.1) is 0 Å². The lowest BCUT2D eigenvalue weighted by Gasteiger charge is -2.18. The molecule has 0 aliphatic heterocycles. The molecule has 350 valence electrons. The summed E-state index contributed by atoms with van der Waals surface area (Å²) in [4.78, 5) is 38.0. The zero-order valence-electron chi connectivity index (χ0n) is 40.4. The summed E-state index contributed by atoms with van der Waals surface area (Å²) in [6.07, 6.45) is 46.5. The minimum absolute atomic E-state index is 0.0637. The second-order valence-electron chi connectivity index (χ2n) is 18.9. The molecule has 0 amide bonds. The van der Waals surface area contributed by atoms with Gasteiger partial charge in [-0.1, -0.05) is 253 Å². The Kier molecular flexibility index (Phi) is 44.7. The highest BCUT2D eigenvalue weighted by Gasteiger charge is 2.19. The first-order valence-corrected chi connectivity index (χ1v) is 26.3. The summed E-state index contributed by atoms with van der Waals surface area (Å²) >= 11 is 0. The van der Waals surface area contributed by atoms with Crippen molar-refractivity contribution >= 4 is 17.9 Å². The Morgan fingerprint density at radius 3 is 0.966 bits per heavy atom. The van der Waals surface area contributed by atoms with E-state index in [1.165, 1.54) is 180 Å². The third kappa shape index (κ3) is 45.8. The van der Waals surface area contributed by atoms with Gasteiger partial charge >= 0.3 is 17.9 Å². The van der Waals surface area contributed by atoms with E-state index in [2.05, 4.69) is 34.6 Å². The molecule has 0 fully saturated rings. The van der Waals surface area contributed by atoms with E-state index in [-0.39, 0.29) is 31.1 Å². The fraction of sp³-hybridized carbons (Fsp3) is 0.943. The molecule has 0 aromatic heterocycles. The molecule has 59 heavy (non-hydrogen) atoms. The monoisotopic (exact) mass is 835 g/mol. The topological polar surface area (TPSA) is 78.9 Å². The first kappa shape index (κ1) is 57.4. The molecule has 0 heterocycles. The molecule has 0 aliphatic carbocycles. The van der Waals surface area contributed by atoms with E-state index in [0.29, 0.717) is 19.3 Å². The van der Waals surface area contributed by atoms with E-state index >= 15 is 0 Å². The quantitative estimate of drug-likeness (QED) is 0.0345. The normalized spacial score (nSPS) is 12.5. The third-order valence-corrected chi connectivity index (χ3v) is 12.3. The molecule has 0 aromatic rings. The van der Waals surface area contributed by atoms with Crippen molar-refractivity contribution in [3.05, 3.63) is 0 Å². The molecule has 1 unspecified atom stereocenters. The van der Waals surface area contributed by atoms with Crippen molar-refractivity contribution in [2.24, 2.45) is 11.8 Å². The van der Waals surface area contributed by atoms with Crippen LogP contribution in [0.2, 0.25) is 0 Å². The fourth-order valence-electron chi connectivity index (χ4n) is 7.96. The Bertz CT molecular complexity index is 902. The van der Waals surface area contributed by atoms with E-state index in [4.69, 9.17) is 14.2 Å². The summed E-state index contributed by atoms with van der Waals surface area (Å²) in [5.41, 5.74) is 0. The maximum Gasteiger partial charge on any atom is 0.306 e. The number of esters is 3. The van der Waals surface area contributed by atoms with Gasteiger partial charge in [-0.15, -0.1) is 0 Å². The molecule has 0 saturated heterocycles. The van der Waals surface area contributed by atoms with Crippen molar-refractivity contribution in [1.29, 1.82) is 0 Å².